The molecule has 0 radical (unpaired) electrons. The Kier molecular flexibility index (Phi) is 9.16. The third kappa shape index (κ3) is 7.31. The molecule has 0 spiro atoms. The Morgan fingerprint density at radius 2 is 1.07 bits per heavy atom. The quantitative estimate of drug-likeness (QED) is 0.293. The molecule has 2 fully saturated rings. The van der Waals surface area contributed by atoms with E-state index in [0.717, 1.165) is 38.8 Å². The van der Waals surface area contributed by atoms with Crippen molar-refractivity contribution >= 4 is 5.97 Å². The molecule has 2 aromatic rings. The Morgan fingerprint density at radius 1 is 0.700 bits per heavy atom. The van der Waals surface area contributed by atoms with E-state index < -0.39 is 13.6 Å². The molecular formula is C34H50CoN2O3. The van der Waals surface area contributed by atoms with Crippen LogP contribution in [-0.4, -0.2) is 44.0 Å². The molecular weight excluding hydrogens is 543 g/mol. The van der Waals surface area contributed by atoms with Crippen LogP contribution in [0.2, 0.25) is 10.2 Å². The number of rotatable bonds is 8. The molecule has 2 saturated heterocycles. The number of carbonyl (C=O) groups is 1. The van der Waals surface area contributed by atoms with Gasteiger partial charge in [-0.1, -0.05) is 0 Å². The van der Waals surface area contributed by atoms with Crippen LogP contribution in [0.4, 0.5) is 0 Å². The molecule has 0 aromatic heterocycles. The van der Waals surface area contributed by atoms with Crippen LogP contribution in [0.15, 0.2) is 60.7 Å². The fourth-order valence-corrected chi connectivity index (χ4v) is 9.60. The van der Waals surface area contributed by atoms with Gasteiger partial charge in [0.25, 0.3) is 0 Å². The van der Waals surface area contributed by atoms with Gasteiger partial charge in [0.2, 0.25) is 0 Å². The van der Waals surface area contributed by atoms with Gasteiger partial charge in [0, 0.05) is 0 Å². The maximum atomic E-state index is 13.6. The van der Waals surface area contributed by atoms with Crippen molar-refractivity contribution in [2.45, 2.75) is 133 Å². The van der Waals surface area contributed by atoms with Crippen LogP contribution in [-0.2, 0) is 40.1 Å². The molecule has 0 atom stereocenters. The van der Waals surface area contributed by atoms with Crippen molar-refractivity contribution in [3.63, 3.8) is 0 Å². The summed E-state index contributed by atoms with van der Waals surface area (Å²) in [7, 11) is 0. The maximum absolute atomic E-state index is 13.6. The van der Waals surface area contributed by atoms with Gasteiger partial charge in [-0.05, 0) is 0 Å². The number of hydrogen-bond acceptors (Lipinski definition) is 5. The molecule has 5 nitrogen and oxygen atoms in total. The van der Waals surface area contributed by atoms with Crippen LogP contribution < -0.4 is 0 Å². The Hall–Kier alpha value is -1.86. The van der Waals surface area contributed by atoms with E-state index >= 15 is 0 Å². The molecule has 0 N–H and O–H groups in total. The first-order valence-electron chi connectivity index (χ1n) is 14.7. The summed E-state index contributed by atoms with van der Waals surface area (Å²) in [5.41, 5.74) is 2.05. The fraction of sp³-hybridized carbons (Fsp3) is 0.618. The fourth-order valence-electron chi connectivity index (χ4n) is 7.41. The van der Waals surface area contributed by atoms with Gasteiger partial charge in [-0.15, -0.1) is 0 Å². The van der Waals surface area contributed by atoms with Gasteiger partial charge in [-0.25, -0.2) is 0 Å². The van der Waals surface area contributed by atoms with E-state index in [1.54, 1.807) is 0 Å². The first kappa shape index (κ1) is 31.1. The van der Waals surface area contributed by atoms with Crippen molar-refractivity contribution < 1.29 is 27.0 Å². The molecule has 2 aliphatic heterocycles. The second-order valence-electron chi connectivity index (χ2n) is 14.3. The van der Waals surface area contributed by atoms with E-state index in [-0.39, 0.29) is 44.4 Å². The van der Waals surface area contributed by atoms with Crippen LogP contribution in [0.3, 0.4) is 0 Å². The second kappa shape index (κ2) is 11.8. The second-order valence-corrected chi connectivity index (χ2v) is 16.5. The normalized spacial score (nSPS) is 23.4. The van der Waals surface area contributed by atoms with Gasteiger partial charge in [-0.2, -0.15) is 0 Å². The number of carbonyl (C=O) groups excluding carboxylic acids is 1. The molecule has 0 bridgehead atoms. The monoisotopic (exact) mass is 593 g/mol. The summed E-state index contributed by atoms with van der Waals surface area (Å²) >= 11 is -1.68. The Balaban J connectivity index is 1.36. The minimum absolute atomic E-state index is 0.00215. The number of ether oxygens (including phenoxy) is 1. The molecule has 2 heterocycles. The molecule has 6 heteroatoms. The summed E-state index contributed by atoms with van der Waals surface area (Å²) in [5, 5.41) is 0.00754. The first-order chi connectivity index (χ1) is 18.6. The molecule has 223 valence electrons. The van der Waals surface area contributed by atoms with Crippen LogP contribution in [0, 0.1) is 0 Å². The third-order valence-corrected chi connectivity index (χ3v) is 11.0. The number of piperidine rings is 2. The van der Waals surface area contributed by atoms with Crippen LogP contribution >= 0.6 is 0 Å². The Labute approximate surface area is 246 Å². The number of nitrogens with zero attached hydrogens (tertiary/aromatic N) is 2. The zero-order valence-electron chi connectivity index (χ0n) is 25.8. The van der Waals surface area contributed by atoms with Crippen molar-refractivity contribution in [3.8, 4) is 0 Å². The van der Waals surface area contributed by atoms with Crippen molar-refractivity contribution in [2.24, 2.45) is 0 Å². The predicted octanol–water partition coefficient (Wildman–Crippen LogP) is 7.78. The van der Waals surface area contributed by atoms with Crippen molar-refractivity contribution in [2.75, 3.05) is 0 Å². The average molecular weight is 594 g/mol. The minimum atomic E-state index is -1.68. The van der Waals surface area contributed by atoms with E-state index in [4.69, 9.17) is 4.74 Å². The molecule has 2 aliphatic rings. The predicted molar refractivity (Wildman–Crippen MR) is 158 cm³/mol. The Morgan fingerprint density at radius 3 is 1.48 bits per heavy atom. The standard InChI is InChI=1S/C18H26NO2.C16H24N.Co.O/c1-14(20)21-16-11-17(2,3)19(18(4,5)12-16)13-15-9-7-6-8-10-15;1-15(2)11-8-12-16(3,4)17(15)13-14-9-6-5-7-10-14;;/h6-10,16H,1,11-13H2,2-5H3;5-10H,11-13H2,1-4H3;;. The van der Waals surface area contributed by atoms with Gasteiger partial charge in [0.15, 0.2) is 0 Å². The molecule has 4 rings (SSSR count). The summed E-state index contributed by atoms with van der Waals surface area (Å²) < 4.78 is 19.7. The van der Waals surface area contributed by atoms with Crippen LogP contribution in [0.5, 0.6) is 0 Å². The van der Waals surface area contributed by atoms with Gasteiger partial charge >= 0.3 is 247 Å². The zero-order valence-corrected chi connectivity index (χ0v) is 26.9. The summed E-state index contributed by atoms with van der Waals surface area (Å²) in [6.45, 7) is 19.7. The average Bonchev–Trinajstić information content (AvgIpc) is 2.84. The summed E-state index contributed by atoms with van der Waals surface area (Å²) in [6, 6.07) is 21.1. The molecule has 0 saturated carbocycles. The number of benzene rings is 2. The molecule has 40 heavy (non-hydrogen) atoms. The van der Waals surface area contributed by atoms with E-state index in [1.807, 2.05) is 12.1 Å². The first-order valence-corrected chi connectivity index (χ1v) is 16.4. The molecule has 0 amide bonds. The van der Waals surface area contributed by atoms with Crippen LogP contribution in [0.1, 0.15) is 92.2 Å². The van der Waals surface area contributed by atoms with E-state index in [2.05, 4.69) is 114 Å². The van der Waals surface area contributed by atoms with Gasteiger partial charge < -0.3 is 0 Å². The molecule has 2 aromatic carbocycles. The van der Waals surface area contributed by atoms with Crippen molar-refractivity contribution in [1.82, 2.24) is 9.80 Å². The van der Waals surface area contributed by atoms with Crippen LogP contribution in [0.25, 0.3) is 0 Å². The SMILES string of the molecule is CC1(C)CC(OC(=O)[CH2][Co](=[O])[CH]2CC(C)(C)N(Cc3ccccc3)C(C)(C)C2)CC(C)(C)N1Cc1ccccc1. The Bertz CT molecular complexity index is 1140. The number of esters is 1. The number of likely N-dealkylation sites (tertiary alicyclic amines) is 2. The molecule has 0 unspecified atom stereocenters. The summed E-state index contributed by atoms with van der Waals surface area (Å²) in [6.07, 6.45) is 2.98. The third-order valence-electron chi connectivity index (χ3n) is 8.98. The van der Waals surface area contributed by atoms with E-state index in [0.29, 0.717) is 0 Å². The van der Waals surface area contributed by atoms with E-state index in [1.165, 1.54) is 11.1 Å². The summed E-state index contributed by atoms with van der Waals surface area (Å²) in [4.78, 5) is 18.2. The van der Waals surface area contributed by atoms with Crippen molar-refractivity contribution in [1.29, 1.82) is 0 Å². The number of hydrogen-bond donors (Lipinski definition) is 0. The summed E-state index contributed by atoms with van der Waals surface area (Å²) in [5.74, 6) is -0.310. The van der Waals surface area contributed by atoms with Gasteiger partial charge in [0.05, 0.1) is 0 Å². The topological polar surface area (TPSA) is 49.9 Å². The van der Waals surface area contributed by atoms with Gasteiger partial charge in [0.1, 0.15) is 0 Å². The van der Waals surface area contributed by atoms with Crippen molar-refractivity contribution in [3.05, 3.63) is 71.8 Å². The van der Waals surface area contributed by atoms with E-state index in [9.17, 15) is 8.66 Å². The molecule has 0 aliphatic carbocycles. The zero-order chi connectivity index (χ0) is 29.3. The van der Waals surface area contributed by atoms with Gasteiger partial charge in [-0.3, -0.25) is 0 Å².